The molecule has 188 valence electrons. The standard InChI is InChI=1S/4C3H4N2.2Ag.2BF4/c4*1-2-4-5-3-1;;;2*2-1(3,4)5/h4*1-3H,(H,4,5);;;;/q;;;;2*+1;2*-1. The largest absolute Gasteiger partial charge is 1.00 e. The topological polar surface area (TPSA) is 115 Å². The summed E-state index contributed by atoms with van der Waals surface area (Å²) in [5, 5.41) is 24.8. The van der Waals surface area contributed by atoms with E-state index >= 15 is 0 Å². The van der Waals surface area contributed by atoms with E-state index in [4.69, 9.17) is 0 Å². The number of hydrogen-bond donors (Lipinski definition) is 4. The van der Waals surface area contributed by atoms with Gasteiger partial charge < -0.3 is 34.5 Å². The third-order valence-electron chi connectivity index (χ3n) is 1.62. The van der Waals surface area contributed by atoms with E-state index in [2.05, 4.69) is 40.8 Å². The number of aromatic nitrogens is 8. The first-order valence-electron chi connectivity index (χ1n) is 7.49. The van der Waals surface area contributed by atoms with Gasteiger partial charge in [0.15, 0.2) is 0 Å². The Kier molecular flexibility index (Phi) is 29.3. The third-order valence-corrected chi connectivity index (χ3v) is 1.62. The van der Waals surface area contributed by atoms with Gasteiger partial charge in [-0.25, -0.2) is 0 Å². The van der Waals surface area contributed by atoms with E-state index in [9.17, 15) is 34.5 Å². The molecule has 20 heteroatoms. The van der Waals surface area contributed by atoms with E-state index in [1.54, 1.807) is 49.6 Å². The number of hydrogen-bond acceptors (Lipinski definition) is 4. The summed E-state index contributed by atoms with van der Waals surface area (Å²) in [7, 11) is -12.0. The molecule has 0 unspecified atom stereocenters. The molecular weight excluding hydrogens is 646 g/mol. The zero-order valence-electron chi connectivity index (χ0n) is 15.5. The van der Waals surface area contributed by atoms with E-state index in [1.165, 1.54) is 0 Å². The van der Waals surface area contributed by atoms with Gasteiger partial charge in [0.2, 0.25) is 0 Å². The first-order valence-corrected chi connectivity index (χ1v) is 7.49. The van der Waals surface area contributed by atoms with Crippen LogP contribution in [0.5, 0.6) is 0 Å². The third kappa shape index (κ3) is 63.0. The molecule has 4 heterocycles. The van der Waals surface area contributed by atoms with Crippen molar-refractivity contribution in [2.24, 2.45) is 0 Å². The van der Waals surface area contributed by atoms with Crippen molar-refractivity contribution in [3.8, 4) is 0 Å². The second-order valence-corrected chi connectivity index (χ2v) is 4.06. The van der Waals surface area contributed by atoms with Crippen LogP contribution in [0.2, 0.25) is 0 Å². The van der Waals surface area contributed by atoms with E-state index < -0.39 is 14.5 Å². The summed E-state index contributed by atoms with van der Waals surface area (Å²) in [6, 6.07) is 7.33. The summed E-state index contributed by atoms with van der Waals surface area (Å²) in [4.78, 5) is 0. The van der Waals surface area contributed by atoms with Crippen LogP contribution in [0.1, 0.15) is 0 Å². The second-order valence-electron chi connectivity index (χ2n) is 4.06. The normalized spacial score (nSPS) is 8.75. The Balaban J connectivity index is -0.000000145. The Morgan fingerprint density at radius 1 is 0.406 bits per heavy atom. The monoisotopic (exact) mass is 660 g/mol. The maximum atomic E-state index is 9.75. The van der Waals surface area contributed by atoms with Crippen molar-refractivity contribution >= 4 is 14.5 Å². The summed E-state index contributed by atoms with van der Waals surface area (Å²) < 4.78 is 78.0. The Morgan fingerprint density at radius 2 is 0.562 bits per heavy atom. The molecule has 32 heavy (non-hydrogen) atoms. The minimum atomic E-state index is -6.00. The van der Waals surface area contributed by atoms with Crippen LogP contribution in [0.25, 0.3) is 0 Å². The van der Waals surface area contributed by atoms with Crippen molar-refractivity contribution in [3.05, 3.63) is 73.8 Å². The second kappa shape index (κ2) is 25.2. The van der Waals surface area contributed by atoms with Gasteiger partial charge in [0.05, 0.1) is 0 Å². The fourth-order valence-electron chi connectivity index (χ4n) is 0.861. The molecule has 0 saturated carbocycles. The molecule has 4 N–H and O–H groups in total. The molecule has 4 aromatic rings. The Labute approximate surface area is 208 Å². The minimum absolute atomic E-state index is 0. The van der Waals surface area contributed by atoms with Crippen molar-refractivity contribution < 1.29 is 79.3 Å². The smallest absolute Gasteiger partial charge is 0.418 e. The van der Waals surface area contributed by atoms with Gasteiger partial charge in [0.25, 0.3) is 0 Å². The Hall–Kier alpha value is -2.11. The van der Waals surface area contributed by atoms with Gasteiger partial charge in [-0.1, -0.05) is 0 Å². The number of rotatable bonds is 0. The Bertz CT molecular complexity index is 528. The van der Waals surface area contributed by atoms with Gasteiger partial charge in [0, 0.05) is 49.6 Å². The van der Waals surface area contributed by atoms with Gasteiger partial charge in [-0.05, 0) is 24.3 Å². The maximum Gasteiger partial charge on any atom is 1.00 e. The SMILES string of the molecule is F[B-](F)(F)F.F[B-](F)(F)F.[Ag+].[Ag+].c1cn[nH]c1.c1cn[nH]c1.c1cn[nH]c1.c1cn[nH]c1. The predicted molar refractivity (Wildman–Crippen MR) is 94.7 cm³/mol. The molecule has 8 nitrogen and oxygen atoms in total. The molecule has 0 atom stereocenters. The van der Waals surface area contributed by atoms with Crippen LogP contribution in [-0.2, 0) is 44.8 Å². The van der Waals surface area contributed by atoms with Crippen molar-refractivity contribution in [1.29, 1.82) is 0 Å². The summed E-state index contributed by atoms with van der Waals surface area (Å²) >= 11 is 0. The van der Waals surface area contributed by atoms with Crippen molar-refractivity contribution in [2.45, 2.75) is 0 Å². The number of H-pyrrole nitrogens is 4. The summed E-state index contributed by atoms with van der Waals surface area (Å²) in [5.74, 6) is 0. The van der Waals surface area contributed by atoms with Crippen LogP contribution in [0.3, 0.4) is 0 Å². The molecule has 0 aliphatic carbocycles. The maximum absolute atomic E-state index is 9.75. The van der Waals surface area contributed by atoms with Gasteiger partial charge in [-0.2, -0.15) is 20.4 Å². The minimum Gasteiger partial charge on any atom is -0.418 e. The van der Waals surface area contributed by atoms with Crippen LogP contribution in [0, 0.1) is 0 Å². The zero-order chi connectivity index (χ0) is 23.1. The zero-order valence-corrected chi connectivity index (χ0v) is 18.5. The Morgan fingerprint density at radius 3 is 0.594 bits per heavy atom. The molecular formula is C12H16Ag2B2F8N8. The molecule has 0 radical (unpaired) electrons. The van der Waals surface area contributed by atoms with Crippen molar-refractivity contribution in [3.63, 3.8) is 0 Å². The fourth-order valence-corrected chi connectivity index (χ4v) is 0.861. The molecule has 0 fully saturated rings. The van der Waals surface area contributed by atoms with Crippen LogP contribution >= 0.6 is 0 Å². The average Bonchev–Trinajstić information content (AvgIpc) is 3.51. The molecule has 0 bridgehead atoms. The summed E-state index contributed by atoms with van der Waals surface area (Å²) in [5.41, 5.74) is 0. The summed E-state index contributed by atoms with van der Waals surface area (Å²) in [6.07, 6.45) is 13.8. The van der Waals surface area contributed by atoms with Crippen molar-refractivity contribution in [2.75, 3.05) is 0 Å². The molecule has 0 aliphatic rings. The van der Waals surface area contributed by atoms with Crippen molar-refractivity contribution in [1.82, 2.24) is 40.8 Å². The first kappa shape index (κ1) is 37.2. The average molecular weight is 662 g/mol. The van der Waals surface area contributed by atoms with E-state index in [1.807, 2.05) is 24.3 Å². The van der Waals surface area contributed by atoms with Gasteiger partial charge in [-0.3, -0.25) is 20.4 Å². The fraction of sp³-hybridized carbons (Fsp3) is 0. The summed E-state index contributed by atoms with van der Waals surface area (Å²) in [6.45, 7) is 0. The van der Waals surface area contributed by atoms with Gasteiger partial charge in [0.1, 0.15) is 0 Å². The molecule has 0 aliphatic heterocycles. The molecule has 0 spiro atoms. The van der Waals surface area contributed by atoms with Crippen LogP contribution in [0.4, 0.5) is 34.5 Å². The molecule has 4 rings (SSSR count). The van der Waals surface area contributed by atoms with E-state index in [0.717, 1.165) is 0 Å². The number of nitrogens with zero attached hydrogens (tertiary/aromatic N) is 4. The first-order chi connectivity index (χ1) is 14.0. The van der Waals surface area contributed by atoms with Crippen LogP contribution < -0.4 is 0 Å². The van der Waals surface area contributed by atoms with Crippen LogP contribution in [-0.4, -0.2) is 55.3 Å². The molecule has 0 amide bonds. The number of halogens is 8. The predicted octanol–water partition coefficient (Wildman–Crippen LogP) is 4.23. The van der Waals surface area contributed by atoms with Gasteiger partial charge >= 0.3 is 59.3 Å². The molecule has 0 aromatic carbocycles. The number of nitrogens with one attached hydrogen (secondary N) is 4. The molecule has 4 aromatic heterocycles. The number of aromatic amines is 4. The van der Waals surface area contributed by atoms with Gasteiger partial charge in [-0.15, -0.1) is 0 Å². The van der Waals surface area contributed by atoms with Crippen LogP contribution in [0.15, 0.2) is 73.8 Å². The molecule has 0 saturated heterocycles. The van der Waals surface area contributed by atoms with E-state index in [-0.39, 0.29) is 44.8 Å². The van der Waals surface area contributed by atoms with E-state index in [0.29, 0.717) is 0 Å². The quantitative estimate of drug-likeness (QED) is 0.167.